The fourth-order valence-electron chi connectivity index (χ4n) is 4.59. The zero-order chi connectivity index (χ0) is 25.3. The summed E-state index contributed by atoms with van der Waals surface area (Å²) in [5, 5.41) is 0. The van der Waals surface area contributed by atoms with Gasteiger partial charge in [-0.1, -0.05) is 30.5 Å². The zero-order valence-electron chi connectivity index (χ0n) is 21.2. The summed E-state index contributed by atoms with van der Waals surface area (Å²) < 4.78 is 65.7. The third-order valence-electron chi connectivity index (χ3n) is 6.32. The Morgan fingerprint density at radius 1 is 0.886 bits per heavy atom. The highest BCUT2D eigenvalue weighted by Gasteiger charge is 2.58. The van der Waals surface area contributed by atoms with Crippen molar-refractivity contribution >= 4 is 10.1 Å². The van der Waals surface area contributed by atoms with Gasteiger partial charge in [0, 0.05) is 6.61 Å². The molecule has 0 N–H and O–H groups in total. The molecule has 0 spiro atoms. The molecule has 35 heavy (non-hydrogen) atoms. The van der Waals surface area contributed by atoms with Gasteiger partial charge in [0.25, 0.3) is 10.1 Å². The number of aryl methyl sites for hydroxylation is 1. The Hall–Kier alpha value is -1.11. The average Bonchev–Trinajstić information content (AvgIpc) is 3.39. The Bertz CT molecular complexity index is 944. The number of ether oxygens (including phenoxy) is 6. The van der Waals surface area contributed by atoms with Crippen LogP contribution in [0.3, 0.4) is 0 Å². The second-order valence-electron chi connectivity index (χ2n) is 10.3. The van der Waals surface area contributed by atoms with Crippen LogP contribution in [0.5, 0.6) is 0 Å². The van der Waals surface area contributed by atoms with E-state index in [0.717, 1.165) is 24.8 Å². The van der Waals surface area contributed by atoms with Gasteiger partial charge in [0.1, 0.15) is 24.4 Å². The molecule has 0 aliphatic carbocycles. The molecule has 3 fully saturated rings. The molecule has 3 heterocycles. The zero-order valence-corrected chi connectivity index (χ0v) is 22.0. The summed E-state index contributed by atoms with van der Waals surface area (Å²) in [6, 6.07) is 6.65. The predicted octanol–water partition coefficient (Wildman–Crippen LogP) is 3.67. The van der Waals surface area contributed by atoms with E-state index in [1.54, 1.807) is 24.3 Å². The molecule has 0 bridgehead atoms. The first kappa shape index (κ1) is 26.9. The smallest absolute Gasteiger partial charge is 0.296 e. The highest BCUT2D eigenvalue weighted by Crippen LogP contribution is 2.42. The lowest BCUT2D eigenvalue weighted by Crippen LogP contribution is -2.44. The molecular weight excluding hydrogens is 476 g/mol. The molecule has 0 unspecified atom stereocenters. The van der Waals surface area contributed by atoms with E-state index in [1.165, 1.54) is 0 Å². The van der Waals surface area contributed by atoms with E-state index in [0.29, 0.717) is 19.6 Å². The molecule has 0 saturated carbocycles. The second-order valence-corrected chi connectivity index (χ2v) is 11.9. The SMILES string of the molecule is Cc1ccc(S(=O)(=O)OCCCCCCO[C@@H]2[C@H]3OC(C)(C)O[C@H]3O[C@@H]2[C@H]2COC(C)(C)O2)cc1. The molecule has 0 radical (unpaired) electrons. The Kier molecular flexibility index (Phi) is 8.24. The molecule has 0 aromatic heterocycles. The standard InChI is InChI=1S/C25H38O9S/c1-17-10-12-18(13-11-17)35(26,27)30-15-9-7-6-8-14-28-21-20(19-16-29-24(2,3)32-19)31-23-22(21)33-25(4,5)34-23/h10-13,19-23H,6-9,14-16H2,1-5H3/t19-,20-,21+,22-,23-/m1/s1. The number of rotatable bonds is 11. The van der Waals surface area contributed by atoms with Crippen LogP contribution in [-0.2, 0) is 42.7 Å². The quantitative estimate of drug-likeness (QED) is 0.323. The lowest BCUT2D eigenvalue weighted by Gasteiger charge is -2.29. The lowest BCUT2D eigenvalue weighted by atomic mass is 10.1. The van der Waals surface area contributed by atoms with Crippen LogP contribution in [-0.4, -0.2) is 70.5 Å². The van der Waals surface area contributed by atoms with Gasteiger partial charge in [0.05, 0.1) is 18.1 Å². The van der Waals surface area contributed by atoms with Crippen molar-refractivity contribution in [1.29, 1.82) is 0 Å². The molecule has 3 aliphatic rings. The summed E-state index contributed by atoms with van der Waals surface area (Å²) in [5.41, 5.74) is 1.00. The van der Waals surface area contributed by atoms with Crippen molar-refractivity contribution in [3.05, 3.63) is 29.8 Å². The minimum Gasteiger partial charge on any atom is -0.372 e. The predicted molar refractivity (Wildman–Crippen MR) is 126 cm³/mol. The maximum atomic E-state index is 12.2. The van der Waals surface area contributed by atoms with E-state index in [4.69, 9.17) is 32.6 Å². The molecule has 1 aromatic carbocycles. The van der Waals surface area contributed by atoms with Crippen molar-refractivity contribution in [2.45, 2.75) is 107 Å². The third-order valence-corrected chi connectivity index (χ3v) is 7.65. The van der Waals surface area contributed by atoms with Crippen molar-refractivity contribution in [3.8, 4) is 0 Å². The van der Waals surface area contributed by atoms with Gasteiger partial charge in [0.15, 0.2) is 17.9 Å². The van der Waals surface area contributed by atoms with Gasteiger partial charge in [-0.15, -0.1) is 0 Å². The van der Waals surface area contributed by atoms with Crippen molar-refractivity contribution in [2.24, 2.45) is 0 Å². The Balaban J connectivity index is 1.18. The average molecular weight is 515 g/mol. The van der Waals surface area contributed by atoms with Crippen molar-refractivity contribution in [3.63, 3.8) is 0 Å². The van der Waals surface area contributed by atoms with Gasteiger partial charge < -0.3 is 28.4 Å². The van der Waals surface area contributed by atoms with E-state index in [-0.39, 0.29) is 35.9 Å². The van der Waals surface area contributed by atoms with Crippen LogP contribution in [0.25, 0.3) is 0 Å². The fourth-order valence-corrected chi connectivity index (χ4v) is 5.53. The topological polar surface area (TPSA) is 98.8 Å². The number of hydrogen-bond acceptors (Lipinski definition) is 9. The summed E-state index contributed by atoms with van der Waals surface area (Å²) in [6.07, 6.45) is 1.44. The van der Waals surface area contributed by atoms with E-state index >= 15 is 0 Å². The first-order valence-electron chi connectivity index (χ1n) is 12.4. The molecule has 9 nitrogen and oxygen atoms in total. The molecule has 3 aliphatic heterocycles. The summed E-state index contributed by atoms with van der Waals surface area (Å²) >= 11 is 0. The van der Waals surface area contributed by atoms with Crippen LogP contribution in [0.2, 0.25) is 0 Å². The Labute approximate surface area is 208 Å². The minimum absolute atomic E-state index is 0.161. The second kappa shape index (κ2) is 10.7. The molecule has 4 rings (SSSR count). The molecule has 10 heteroatoms. The summed E-state index contributed by atoms with van der Waals surface area (Å²) in [4.78, 5) is 0.185. The molecule has 1 aromatic rings. The Morgan fingerprint density at radius 2 is 1.57 bits per heavy atom. The summed E-state index contributed by atoms with van der Waals surface area (Å²) in [6.45, 7) is 10.5. The first-order chi connectivity index (χ1) is 16.5. The van der Waals surface area contributed by atoms with Gasteiger partial charge in [-0.05, 0) is 59.6 Å². The van der Waals surface area contributed by atoms with Crippen LogP contribution >= 0.6 is 0 Å². The maximum Gasteiger partial charge on any atom is 0.296 e. The third kappa shape index (κ3) is 6.81. The molecule has 3 saturated heterocycles. The normalized spacial score (nSPS) is 31.6. The fraction of sp³-hybridized carbons (Fsp3) is 0.760. The molecular formula is C25H38O9S. The largest absolute Gasteiger partial charge is 0.372 e. The van der Waals surface area contributed by atoms with Crippen molar-refractivity contribution in [1.82, 2.24) is 0 Å². The van der Waals surface area contributed by atoms with E-state index < -0.39 is 28.0 Å². The number of unbranched alkanes of at least 4 members (excludes halogenated alkanes) is 3. The highest BCUT2D eigenvalue weighted by molar-refractivity contribution is 7.86. The molecule has 0 amide bonds. The number of fused-ring (bicyclic) bond motifs is 1. The van der Waals surface area contributed by atoms with Gasteiger partial charge in [-0.3, -0.25) is 4.18 Å². The van der Waals surface area contributed by atoms with Crippen LogP contribution in [0.1, 0.15) is 58.9 Å². The van der Waals surface area contributed by atoms with Crippen LogP contribution in [0, 0.1) is 6.92 Å². The molecule has 198 valence electrons. The maximum absolute atomic E-state index is 12.2. The number of benzene rings is 1. The van der Waals surface area contributed by atoms with Crippen LogP contribution < -0.4 is 0 Å². The van der Waals surface area contributed by atoms with Gasteiger partial charge in [-0.2, -0.15) is 8.42 Å². The van der Waals surface area contributed by atoms with Crippen molar-refractivity contribution in [2.75, 3.05) is 19.8 Å². The summed E-state index contributed by atoms with van der Waals surface area (Å²) in [5.74, 6) is -1.39. The van der Waals surface area contributed by atoms with Gasteiger partial charge in [-0.25, -0.2) is 0 Å². The van der Waals surface area contributed by atoms with Gasteiger partial charge in [0.2, 0.25) is 0 Å². The lowest BCUT2D eigenvalue weighted by molar-refractivity contribution is -0.236. The van der Waals surface area contributed by atoms with Crippen LogP contribution in [0.15, 0.2) is 29.2 Å². The van der Waals surface area contributed by atoms with Crippen LogP contribution in [0.4, 0.5) is 0 Å². The van der Waals surface area contributed by atoms with E-state index in [9.17, 15) is 8.42 Å². The minimum atomic E-state index is -3.71. The van der Waals surface area contributed by atoms with E-state index in [2.05, 4.69) is 0 Å². The van der Waals surface area contributed by atoms with Gasteiger partial charge >= 0.3 is 0 Å². The van der Waals surface area contributed by atoms with Crippen molar-refractivity contribution < 1.29 is 41.0 Å². The monoisotopic (exact) mass is 514 g/mol. The van der Waals surface area contributed by atoms with E-state index in [1.807, 2.05) is 34.6 Å². The molecule has 5 atom stereocenters. The Morgan fingerprint density at radius 3 is 2.23 bits per heavy atom. The number of hydrogen-bond donors (Lipinski definition) is 0. The first-order valence-corrected chi connectivity index (χ1v) is 13.8. The highest BCUT2D eigenvalue weighted by atomic mass is 32.2. The summed E-state index contributed by atoms with van der Waals surface area (Å²) in [7, 11) is -3.71.